The van der Waals surface area contributed by atoms with Crippen molar-refractivity contribution >= 4 is 0 Å². The Morgan fingerprint density at radius 1 is 1.18 bits per heavy atom. The SMILES string of the molecule is CNC(C)(C)c1cccc(C(F)(F)C2CC2)c1. The van der Waals surface area contributed by atoms with Gasteiger partial charge in [-0.15, -0.1) is 0 Å². The van der Waals surface area contributed by atoms with E-state index in [-0.39, 0.29) is 11.1 Å². The first kappa shape index (κ1) is 12.5. The molecule has 1 aliphatic rings. The fourth-order valence-corrected chi connectivity index (χ4v) is 1.94. The van der Waals surface area contributed by atoms with Gasteiger partial charge in [-0.3, -0.25) is 0 Å². The minimum absolute atomic E-state index is 0.154. The maximum Gasteiger partial charge on any atom is 0.276 e. The molecule has 1 aromatic carbocycles. The van der Waals surface area contributed by atoms with Crippen LogP contribution in [0.5, 0.6) is 0 Å². The summed E-state index contributed by atoms with van der Waals surface area (Å²) >= 11 is 0. The van der Waals surface area contributed by atoms with Crippen molar-refractivity contribution in [3.63, 3.8) is 0 Å². The Bertz CT molecular complexity index is 408. The van der Waals surface area contributed by atoms with Gasteiger partial charge in [-0.2, -0.15) is 0 Å². The second-order valence-corrected chi connectivity index (χ2v) is 5.35. The molecule has 0 saturated heterocycles. The van der Waals surface area contributed by atoms with E-state index in [9.17, 15) is 8.78 Å². The Morgan fingerprint density at radius 3 is 2.29 bits per heavy atom. The Kier molecular flexibility index (Phi) is 2.98. The molecule has 0 aromatic heterocycles. The van der Waals surface area contributed by atoms with Gasteiger partial charge in [0.25, 0.3) is 5.92 Å². The van der Waals surface area contributed by atoms with Crippen LogP contribution in [-0.4, -0.2) is 7.05 Å². The molecule has 0 atom stereocenters. The molecule has 2 rings (SSSR count). The molecule has 0 heterocycles. The van der Waals surface area contributed by atoms with E-state index in [1.807, 2.05) is 27.0 Å². The van der Waals surface area contributed by atoms with Gasteiger partial charge < -0.3 is 5.32 Å². The monoisotopic (exact) mass is 239 g/mol. The normalized spacial score (nSPS) is 17.2. The van der Waals surface area contributed by atoms with Crippen molar-refractivity contribution in [2.45, 2.75) is 38.2 Å². The molecular weight excluding hydrogens is 220 g/mol. The van der Waals surface area contributed by atoms with E-state index < -0.39 is 11.8 Å². The lowest BCUT2D eigenvalue weighted by atomic mass is 9.91. The molecule has 17 heavy (non-hydrogen) atoms. The number of halogens is 2. The van der Waals surface area contributed by atoms with Crippen molar-refractivity contribution in [1.82, 2.24) is 5.32 Å². The van der Waals surface area contributed by atoms with Gasteiger partial charge in [0.05, 0.1) is 0 Å². The fraction of sp³-hybridized carbons (Fsp3) is 0.571. The van der Waals surface area contributed by atoms with Gasteiger partial charge in [-0.1, -0.05) is 18.2 Å². The minimum atomic E-state index is -2.67. The van der Waals surface area contributed by atoms with Crippen LogP contribution in [0.3, 0.4) is 0 Å². The quantitative estimate of drug-likeness (QED) is 0.845. The summed E-state index contributed by atoms with van der Waals surface area (Å²) in [6.07, 6.45) is 1.29. The van der Waals surface area contributed by atoms with E-state index in [1.165, 1.54) is 6.07 Å². The van der Waals surface area contributed by atoms with Gasteiger partial charge in [0.1, 0.15) is 0 Å². The first-order valence-electron chi connectivity index (χ1n) is 6.05. The summed E-state index contributed by atoms with van der Waals surface area (Å²) in [5.41, 5.74) is 0.772. The zero-order valence-electron chi connectivity index (χ0n) is 10.6. The molecule has 0 bridgehead atoms. The van der Waals surface area contributed by atoms with Crippen LogP contribution in [-0.2, 0) is 11.5 Å². The number of hydrogen-bond donors (Lipinski definition) is 1. The van der Waals surface area contributed by atoms with Crippen molar-refractivity contribution < 1.29 is 8.78 Å². The van der Waals surface area contributed by atoms with E-state index in [4.69, 9.17) is 0 Å². The number of rotatable bonds is 4. The van der Waals surface area contributed by atoms with Gasteiger partial charge >= 0.3 is 0 Å². The molecule has 0 aliphatic heterocycles. The number of alkyl halides is 2. The largest absolute Gasteiger partial charge is 0.311 e. The summed E-state index contributed by atoms with van der Waals surface area (Å²) in [6.45, 7) is 3.97. The third kappa shape index (κ3) is 2.34. The predicted octanol–water partition coefficient (Wildman–Crippen LogP) is 3.64. The number of benzene rings is 1. The summed E-state index contributed by atoms with van der Waals surface area (Å²) in [5, 5.41) is 3.14. The number of hydrogen-bond acceptors (Lipinski definition) is 1. The molecule has 0 amide bonds. The first-order chi connectivity index (χ1) is 7.88. The zero-order valence-corrected chi connectivity index (χ0v) is 10.6. The molecule has 0 spiro atoms. The Balaban J connectivity index is 2.34. The van der Waals surface area contributed by atoms with Gasteiger partial charge in [-0.05, 0) is 45.4 Å². The topological polar surface area (TPSA) is 12.0 Å². The molecule has 0 radical (unpaired) electrons. The minimum Gasteiger partial charge on any atom is -0.311 e. The van der Waals surface area contributed by atoms with Crippen molar-refractivity contribution in [2.75, 3.05) is 7.05 Å². The summed E-state index contributed by atoms with van der Waals surface area (Å²) in [5.74, 6) is -3.12. The molecule has 1 aromatic rings. The van der Waals surface area contributed by atoms with Crippen molar-refractivity contribution in [3.8, 4) is 0 Å². The van der Waals surface area contributed by atoms with E-state index >= 15 is 0 Å². The van der Waals surface area contributed by atoms with E-state index in [1.54, 1.807) is 12.1 Å². The maximum absolute atomic E-state index is 14.0. The second-order valence-electron chi connectivity index (χ2n) is 5.35. The average Bonchev–Trinajstić information content (AvgIpc) is 3.13. The Labute approximate surface area is 101 Å². The third-order valence-electron chi connectivity index (χ3n) is 3.68. The maximum atomic E-state index is 14.0. The molecule has 0 unspecified atom stereocenters. The van der Waals surface area contributed by atoms with Crippen LogP contribution in [0, 0.1) is 5.92 Å². The third-order valence-corrected chi connectivity index (χ3v) is 3.68. The zero-order chi connectivity index (χ0) is 12.7. The van der Waals surface area contributed by atoms with Crippen LogP contribution in [0.4, 0.5) is 8.78 Å². The van der Waals surface area contributed by atoms with Gasteiger partial charge in [-0.25, -0.2) is 8.78 Å². The van der Waals surface area contributed by atoms with Gasteiger partial charge in [0.2, 0.25) is 0 Å². The van der Waals surface area contributed by atoms with Crippen LogP contribution in [0.15, 0.2) is 24.3 Å². The fourth-order valence-electron chi connectivity index (χ4n) is 1.94. The Hall–Kier alpha value is -0.960. The summed E-state index contributed by atoms with van der Waals surface area (Å²) < 4.78 is 28.0. The van der Waals surface area contributed by atoms with E-state index in [0.29, 0.717) is 12.8 Å². The predicted molar refractivity (Wildman–Crippen MR) is 65.1 cm³/mol. The van der Waals surface area contributed by atoms with Gasteiger partial charge in [0, 0.05) is 17.0 Å². The molecule has 1 saturated carbocycles. The smallest absolute Gasteiger partial charge is 0.276 e. The molecule has 1 nitrogen and oxygen atoms in total. The molecule has 1 N–H and O–H groups in total. The van der Waals surface area contributed by atoms with Crippen molar-refractivity contribution in [2.24, 2.45) is 5.92 Å². The molecule has 1 fully saturated rings. The molecular formula is C14H19F2N. The molecule has 3 heteroatoms. The lowest BCUT2D eigenvalue weighted by molar-refractivity contribution is -0.0286. The van der Waals surface area contributed by atoms with Gasteiger partial charge in [0.15, 0.2) is 0 Å². The highest BCUT2D eigenvalue weighted by atomic mass is 19.3. The van der Waals surface area contributed by atoms with Crippen molar-refractivity contribution in [3.05, 3.63) is 35.4 Å². The van der Waals surface area contributed by atoms with Crippen LogP contribution in [0.25, 0.3) is 0 Å². The first-order valence-corrected chi connectivity index (χ1v) is 6.05. The highest BCUT2D eigenvalue weighted by Gasteiger charge is 2.48. The van der Waals surface area contributed by atoms with E-state index in [2.05, 4.69) is 5.32 Å². The highest BCUT2D eigenvalue weighted by Crippen LogP contribution is 2.49. The standard InChI is InChI=1S/C14H19F2N/c1-13(2,17-3)11-5-4-6-12(9-11)14(15,16)10-7-8-10/h4-6,9-10,17H,7-8H2,1-3H3. The summed E-state index contributed by atoms with van der Waals surface area (Å²) in [4.78, 5) is 0. The summed E-state index contributed by atoms with van der Waals surface area (Å²) in [7, 11) is 1.84. The molecule has 1 aliphatic carbocycles. The Morgan fingerprint density at radius 2 is 1.76 bits per heavy atom. The second kappa shape index (κ2) is 4.05. The molecule has 94 valence electrons. The van der Waals surface area contributed by atoms with Crippen LogP contribution in [0.2, 0.25) is 0 Å². The lowest BCUT2D eigenvalue weighted by Gasteiger charge is -2.26. The van der Waals surface area contributed by atoms with E-state index in [0.717, 1.165) is 5.56 Å². The highest BCUT2D eigenvalue weighted by molar-refractivity contribution is 5.32. The lowest BCUT2D eigenvalue weighted by Crippen LogP contribution is -2.33. The van der Waals surface area contributed by atoms with Crippen molar-refractivity contribution in [1.29, 1.82) is 0 Å². The van der Waals surface area contributed by atoms with Crippen LogP contribution in [0.1, 0.15) is 37.8 Å². The van der Waals surface area contributed by atoms with Crippen LogP contribution >= 0.6 is 0 Å². The summed E-state index contributed by atoms with van der Waals surface area (Å²) in [6, 6.07) is 6.78. The number of nitrogens with one attached hydrogen (secondary N) is 1. The van der Waals surface area contributed by atoms with Crippen LogP contribution < -0.4 is 5.32 Å². The average molecular weight is 239 g/mol.